The number of hydrogen-bond donors (Lipinski definition) is 6. The molecule has 5 rings (SSSR count). The maximum atomic E-state index is 13.5. The van der Waals surface area contributed by atoms with E-state index in [0.29, 0.717) is 68.1 Å². The van der Waals surface area contributed by atoms with Crippen LogP contribution >= 0.6 is 0 Å². The maximum Gasteiger partial charge on any atom is 0.150 e. The molecule has 47 heavy (non-hydrogen) atoms. The van der Waals surface area contributed by atoms with E-state index in [0.717, 1.165) is 83.7 Å². The highest BCUT2D eigenvalue weighted by molar-refractivity contribution is 5.84. The highest BCUT2D eigenvalue weighted by atomic mass is 16.5. The molecule has 0 bridgehead atoms. The molecule has 4 fully saturated rings. The number of carbonyl (C=O) groups is 2. The topological polar surface area (TPSA) is 163 Å². The van der Waals surface area contributed by atoms with Crippen LogP contribution in [0.5, 0.6) is 0 Å². The average Bonchev–Trinajstić information content (AvgIpc) is 3.12. The summed E-state index contributed by atoms with van der Waals surface area (Å²) < 4.78 is 5.62. The van der Waals surface area contributed by atoms with Crippen LogP contribution in [0, 0.1) is 53.3 Å². The van der Waals surface area contributed by atoms with Crippen molar-refractivity contribution in [3.05, 3.63) is 0 Å². The number of piperidine rings is 2. The number of nitrogens with two attached hydrogens (primary N) is 3. The number of aliphatic hydroxyl groups excluding tert-OH is 3. The molecule has 2 saturated heterocycles. The second-order valence-electron chi connectivity index (χ2n) is 16.1. The minimum atomic E-state index is -0.774. The number of Topliss-reactive ketones (excluding diaryl/α,β-unsaturated/α-hetero) is 2. The van der Waals surface area contributed by atoms with Crippen LogP contribution in [0.4, 0.5) is 0 Å². The summed E-state index contributed by atoms with van der Waals surface area (Å²) in [6.07, 6.45) is 13.2. The molecule has 9 N–H and O–H groups in total. The number of carbonyl (C=O) groups excluding carboxylic acids is 2. The third kappa shape index (κ3) is 10.6. The summed E-state index contributed by atoms with van der Waals surface area (Å²) in [4.78, 5) is 25.3. The monoisotopic (exact) mass is 659 g/mol. The molecule has 9 heteroatoms. The first-order valence-corrected chi connectivity index (χ1v) is 19.2. The van der Waals surface area contributed by atoms with Crippen LogP contribution in [0.1, 0.15) is 116 Å². The molecule has 13 atom stereocenters. The predicted octanol–water partition coefficient (Wildman–Crippen LogP) is 1.41. The lowest BCUT2D eigenvalue weighted by atomic mass is 9.68. The van der Waals surface area contributed by atoms with E-state index < -0.39 is 24.2 Å². The molecule has 9 nitrogen and oxygen atoms in total. The van der Waals surface area contributed by atoms with E-state index in [9.17, 15) is 24.9 Å². The Bertz CT molecular complexity index is 1080. The normalized spacial score (nSPS) is 39.3. The van der Waals surface area contributed by atoms with Gasteiger partial charge in [-0.25, -0.2) is 0 Å². The van der Waals surface area contributed by atoms with Crippen LogP contribution in [0.25, 0.3) is 0 Å². The first-order valence-electron chi connectivity index (χ1n) is 19.2. The molecule has 5 aliphatic rings. The van der Waals surface area contributed by atoms with Gasteiger partial charge in [0.1, 0.15) is 23.7 Å². The van der Waals surface area contributed by atoms with Gasteiger partial charge in [-0.05, 0) is 94.8 Å². The number of fused-ring (bicyclic) bond motifs is 2. The van der Waals surface area contributed by atoms with Crippen molar-refractivity contribution in [2.24, 2.45) is 47.2 Å². The van der Waals surface area contributed by atoms with Crippen molar-refractivity contribution in [2.75, 3.05) is 20.2 Å². The molecule has 6 unspecified atom stereocenters. The van der Waals surface area contributed by atoms with Crippen LogP contribution in [-0.4, -0.2) is 83.7 Å². The Morgan fingerprint density at radius 3 is 2.51 bits per heavy atom. The zero-order valence-electron chi connectivity index (χ0n) is 28.9. The lowest BCUT2D eigenvalue weighted by Crippen LogP contribution is -2.95. The van der Waals surface area contributed by atoms with Crippen molar-refractivity contribution in [1.82, 2.24) is 0 Å². The average molecular weight is 660 g/mol. The van der Waals surface area contributed by atoms with Crippen LogP contribution < -0.4 is 16.4 Å². The molecule has 2 saturated carbocycles. The largest absolute Gasteiger partial charge is 0.393 e. The van der Waals surface area contributed by atoms with Crippen LogP contribution in [0.3, 0.4) is 0 Å². The molecule has 0 amide bonds. The van der Waals surface area contributed by atoms with Crippen LogP contribution in [0.15, 0.2) is 0 Å². The Balaban J connectivity index is 1.15. The van der Waals surface area contributed by atoms with E-state index in [2.05, 4.69) is 22.5 Å². The molecule has 0 radical (unpaired) electrons. The second kappa shape index (κ2) is 18.0. The number of methoxy groups -OCH3 is 1. The fourth-order valence-electron chi connectivity index (χ4n) is 9.89. The zero-order chi connectivity index (χ0) is 33.3. The van der Waals surface area contributed by atoms with Gasteiger partial charge < -0.3 is 30.7 Å². The van der Waals surface area contributed by atoms with Gasteiger partial charge in [0.25, 0.3) is 0 Å². The number of hydrogen-bond acceptors (Lipinski definition) is 7. The summed E-state index contributed by atoms with van der Waals surface area (Å²) in [6, 6.07) is 0.488. The standard InChI is InChI=1S/C38H63N3O6/c1-47-37-20-27-10-15-35(45)31(34(44)5-3-2-4-25-18-28-8-13-30(43)21-33(28)41-23-25)14-9-26(32(27)22-36(37)46)7-12-29(42)11-6-24-16-17-40-38(39)19-24/h24-29,31-34,36-38,40-42,44,46H,2-8,10-13,15-23,39H2,1H3/p+2/t24?,25-,26-,27?,28+,29-,31-,32?,33-,34-,36?,37?,38?/m1/s1. The van der Waals surface area contributed by atoms with E-state index in [1.807, 2.05) is 0 Å². The first-order chi connectivity index (χ1) is 22.7. The summed E-state index contributed by atoms with van der Waals surface area (Å²) in [5.74, 6) is 8.74. The van der Waals surface area contributed by atoms with Gasteiger partial charge in [0.05, 0.1) is 50.0 Å². The van der Waals surface area contributed by atoms with E-state index in [1.54, 1.807) is 7.11 Å². The Kier molecular flexibility index (Phi) is 14.2. The summed E-state index contributed by atoms with van der Waals surface area (Å²) in [5.41, 5.74) is 6.14. The van der Waals surface area contributed by atoms with Gasteiger partial charge >= 0.3 is 0 Å². The molecule has 0 aromatic rings. The molecule has 0 aromatic heterocycles. The smallest absolute Gasteiger partial charge is 0.150 e. The highest BCUT2D eigenvalue weighted by Gasteiger charge is 2.41. The van der Waals surface area contributed by atoms with Crippen molar-refractivity contribution < 1.29 is 40.3 Å². The van der Waals surface area contributed by atoms with Gasteiger partial charge in [0, 0.05) is 44.1 Å². The maximum absolute atomic E-state index is 13.5. The van der Waals surface area contributed by atoms with Gasteiger partial charge in [-0.3, -0.25) is 15.3 Å². The van der Waals surface area contributed by atoms with Gasteiger partial charge in [-0.1, -0.05) is 24.7 Å². The third-order valence-corrected chi connectivity index (χ3v) is 12.8. The van der Waals surface area contributed by atoms with E-state index in [1.165, 1.54) is 6.42 Å². The van der Waals surface area contributed by atoms with Crippen molar-refractivity contribution in [2.45, 2.75) is 152 Å². The molecule has 0 aromatic carbocycles. The minimum Gasteiger partial charge on any atom is -0.393 e. The predicted molar refractivity (Wildman–Crippen MR) is 179 cm³/mol. The Morgan fingerprint density at radius 2 is 1.70 bits per heavy atom. The fourth-order valence-corrected chi connectivity index (χ4v) is 9.89. The summed E-state index contributed by atoms with van der Waals surface area (Å²) in [5, 5.41) is 37.8. The number of quaternary nitrogens is 2. The molecular formula is C38H65N3O6+2. The van der Waals surface area contributed by atoms with Gasteiger partial charge in [0.2, 0.25) is 0 Å². The Hall–Kier alpha value is -1.38. The van der Waals surface area contributed by atoms with Crippen LogP contribution in [-0.2, 0) is 14.3 Å². The zero-order valence-corrected chi connectivity index (χ0v) is 28.9. The summed E-state index contributed by atoms with van der Waals surface area (Å²) >= 11 is 0. The van der Waals surface area contributed by atoms with Crippen molar-refractivity contribution in [3.63, 3.8) is 0 Å². The lowest BCUT2D eigenvalue weighted by molar-refractivity contribution is -0.711. The number of ether oxygens (including phenoxy) is 1. The van der Waals surface area contributed by atoms with Crippen molar-refractivity contribution in [3.8, 4) is 11.8 Å². The van der Waals surface area contributed by atoms with E-state index >= 15 is 0 Å². The number of aliphatic hydroxyl groups is 3. The fraction of sp³-hybridized carbons (Fsp3) is 0.895. The van der Waals surface area contributed by atoms with Gasteiger partial charge in [-0.15, -0.1) is 0 Å². The quantitative estimate of drug-likeness (QED) is 0.129. The molecular weight excluding hydrogens is 594 g/mol. The second-order valence-corrected chi connectivity index (χ2v) is 16.1. The molecule has 2 heterocycles. The minimum absolute atomic E-state index is 0.0345. The molecule has 3 aliphatic carbocycles. The van der Waals surface area contributed by atoms with E-state index in [-0.39, 0.29) is 35.8 Å². The summed E-state index contributed by atoms with van der Waals surface area (Å²) in [6.45, 7) is 2.15. The number of unbranched alkanes of at least 4 members (excludes halogenated alkanes) is 1. The van der Waals surface area contributed by atoms with E-state index in [4.69, 9.17) is 10.5 Å². The molecule has 2 aliphatic heterocycles. The van der Waals surface area contributed by atoms with Crippen molar-refractivity contribution >= 4 is 11.6 Å². The Morgan fingerprint density at radius 1 is 0.894 bits per heavy atom. The first kappa shape index (κ1) is 36.9. The van der Waals surface area contributed by atoms with Crippen LogP contribution in [0.2, 0.25) is 0 Å². The third-order valence-electron chi connectivity index (χ3n) is 12.8. The molecule has 266 valence electrons. The Labute approximate surface area is 282 Å². The highest BCUT2D eigenvalue weighted by Crippen LogP contribution is 2.42. The number of rotatable bonds is 13. The van der Waals surface area contributed by atoms with Crippen molar-refractivity contribution in [1.29, 1.82) is 0 Å². The SMILES string of the molecule is COC1CC2CCC(=O)[C@@H]([C@H](O)CCCC[C@H]3C[NH2+][C@@H]4CC(=O)CC[C@H]4C3)C#C[C@@H](CC[C@H](O)CCC3CC[NH2+]C(N)C3)C2CC1O. The summed E-state index contributed by atoms with van der Waals surface area (Å²) in [7, 11) is 1.65. The van der Waals surface area contributed by atoms with Gasteiger partial charge in [-0.2, -0.15) is 0 Å². The van der Waals surface area contributed by atoms with Gasteiger partial charge in [0.15, 0.2) is 0 Å². The number of ketones is 2. The molecule has 0 spiro atoms. The lowest BCUT2D eigenvalue weighted by Gasteiger charge is -2.41.